The van der Waals surface area contributed by atoms with E-state index in [4.69, 9.17) is 18.9 Å². The Morgan fingerprint density at radius 3 is 2.31 bits per heavy atom. The molecule has 12 heteroatoms. The molecule has 0 spiro atoms. The number of carbonyl (C=O) groups excluding carboxylic acids is 3. The number of nitrogens with zero attached hydrogens (tertiary/aromatic N) is 1. The molecule has 4 atom stereocenters. The highest BCUT2D eigenvalue weighted by Gasteiger charge is 2.51. The highest BCUT2D eigenvalue weighted by Crippen LogP contribution is 2.33. The summed E-state index contributed by atoms with van der Waals surface area (Å²) in [5, 5.41) is 0. The van der Waals surface area contributed by atoms with Crippen LogP contribution in [0.4, 0.5) is 0 Å². The predicted octanol–water partition coefficient (Wildman–Crippen LogP) is -0.396. The molecule has 0 aromatic carbocycles. The molecule has 29 heavy (non-hydrogen) atoms. The Labute approximate surface area is 177 Å². The summed E-state index contributed by atoms with van der Waals surface area (Å²) in [7, 11) is 0. The Hall–Kier alpha value is -2.66. The minimum atomic E-state index is -1.28. The molecule has 1 aromatic rings. The number of carbonyl (C=O) groups is 3. The Kier molecular flexibility index (Phi) is 7.57. The van der Waals surface area contributed by atoms with Crippen molar-refractivity contribution in [2.75, 3.05) is 6.61 Å². The van der Waals surface area contributed by atoms with Crippen molar-refractivity contribution >= 4 is 40.5 Å². The quantitative estimate of drug-likeness (QED) is 0.238. The molecular formula is C17H17IN2O9. The number of hydrogen-bond acceptors (Lipinski definition) is 9. The average molecular weight is 520 g/mol. The van der Waals surface area contributed by atoms with E-state index in [1.165, 1.54) is 6.92 Å². The van der Waals surface area contributed by atoms with Crippen LogP contribution in [0.5, 0.6) is 0 Å². The first-order valence-electron chi connectivity index (χ1n) is 8.24. The van der Waals surface area contributed by atoms with Crippen LogP contribution in [0.1, 0.15) is 32.6 Å². The first-order chi connectivity index (χ1) is 13.6. The van der Waals surface area contributed by atoms with Crippen LogP contribution in [0.25, 0.3) is 0 Å². The zero-order valence-corrected chi connectivity index (χ0v) is 17.8. The van der Waals surface area contributed by atoms with Crippen LogP contribution in [-0.4, -0.2) is 52.4 Å². The lowest BCUT2D eigenvalue weighted by Crippen LogP contribution is -2.42. The zero-order chi connectivity index (χ0) is 21.7. The van der Waals surface area contributed by atoms with Crippen molar-refractivity contribution < 1.29 is 33.3 Å². The highest BCUT2D eigenvalue weighted by molar-refractivity contribution is 14.1. The molecule has 0 saturated carbocycles. The Morgan fingerprint density at radius 2 is 1.76 bits per heavy atom. The fourth-order valence-corrected chi connectivity index (χ4v) is 3.02. The normalized spacial score (nSPS) is 22.9. The second kappa shape index (κ2) is 9.70. The molecule has 2 rings (SSSR count). The molecule has 2 heterocycles. The second-order valence-electron chi connectivity index (χ2n) is 5.94. The number of rotatable bonds is 5. The summed E-state index contributed by atoms with van der Waals surface area (Å²) in [5.41, 5.74) is -1.59. The molecular weight excluding hydrogens is 503 g/mol. The van der Waals surface area contributed by atoms with Crippen molar-refractivity contribution in [2.45, 2.75) is 45.3 Å². The summed E-state index contributed by atoms with van der Waals surface area (Å²) in [6, 6.07) is 0. The van der Waals surface area contributed by atoms with Gasteiger partial charge in [0, 0.05) is 49.6 Å². The van der Waals surface area contributed by atoms with E-state index in [1.54, 1.807) is 22.6 Å². The third kappa shape index (κ3) is 5.67. The third-order valence-corrected chi connectivity index (χ3v) is 4.03. The topological polar surface area (TPSA) is 143 Å². The van der Waals surface area contributed by atoms with Crippen LogP contribution in [0.3, 0.4) is 0 Å². The summed E-state index contributed by atoms with van der Waals surface area (Å²) in [5.74, 6) is 0.501. The summed E-state index contributed by atoms with van der Waals surface area (Å²) in [4.78, 5) is 60.7. The molecule has 0 amide bonds. The molecule has 156 valence electrons. The Morgan fingerprint density at radius 1 is 1.14 bits per heavy atom. The van der Waals surface area contributed by atoms with Gasteiger partial charge in [0.2, 0.25) is 0 Å². The number of halogens is 1. The standard InChI is InChI=1S/C17H17IN2O9/c1-8(21)26-7-12-13(27-9(2)22)14(28-10(3)23)16(29-12)20-6-11(4-5-18)15(24)19-17(20)25/h6,12-14,16H,7H2,1-3H3,(H,19,24,25)/t12-,13-,14+,16-/m1/s1. The van der Waals surface area contributed by atoms with Gasteiger partial charge in [-0.3, -0.25) is 28.7 Å². The van der Waals surface area contributed by atoms with Crippen LogP contribution in [-0.2, 0) is 33.3 Å². The molecule has 1 aliphatic heterocycles. The van der Waals surface area contributed by atoms with E-state index >= 15 is 0 Å². The number of H-pyrrole nitrogens is 1. The summed E-state index contributed by atoms with van der Waals surface area (Å²) < 4.78 is 24.6. The lowest BCUT2D eigenvalue weighted by Gasteiger charge is -2.23. The van der Waals surface area contributed by atoms with Crippen LogP contribution < -0.4 is 11.2 Å². The van der Waals surface area contributed by atoms with Crippen molar-refractivity contribution in [2.24, 2.45) is 0 Å². The van der Waals surface area contributed by atoms with Gasteiger partial charge in [-0.05, 0) is 9.85 Å². The number of esters is 3. The molecule has 11 nitrogen and oxygen atoms in total. The van der Waals surface area contributed by atoms with Gasteiger partial charge in [-0.15, -0.1) is 0 Å². The lowest BCUT2D eigenvalue weighted by atomic mass is 10.1. The summed E-state index contributed by atoms with van der Waals surface area (Å²) >= 11 is 1.73. The van der Waals surface area contributed by atoms with Gasteiger partial charge in [0.05, 0.1) is 0 Å². The van der Waals surface area contributed by atoms with Gasteiger partial charge in [0.1, 0.15) is 18.3 Å². The van der Waals surface area contributed by atoms with E-state index in [1.807, 2.05) is 0 Å². The number of ether oxygens (including phenoxy) is 4. The van der Waals surface area contributed by atoms with E-state index in [-0.39, 0.29) is 12.2 Å². The van der Waals surface area contributed by atoms with E-state index in [9.17, 15) is 24.0 Å². The number of aromatic amines is 1. The third-order valence-electron chi connectivity index (χ3n) is 3.76. The monoisotopic (exact) mass is 520 g/mol. The first-order valence-corrected chi connectivity index (χ1v) is 9.32. The average Bonchev–Trinajstić information content (AvgIpc) is 2.92. The highest BCUT2D eigenvalue weighted by atomic mass is 127. The van der Waals surface area contributed by atoms with Crippen LogP contribution >= 0.6 is 22.6 Å². The maximum Gasteiger partial charge on any atom is 0.330 e. The maximum absolute atomic E-state index is 12.4. The van der Waals surface area contributed by atoms with E-state index in [2.05, 4.69) is 14.8 Å². The maximum atomic E-state index is 12.4. The Bertz CT molecular complexity index is 987. The van der Waals surface area contributed by atoms with Gasteiger partial charge in [-0.2, -0.15) is 0 Å². The van der Waals surface area contributed by atoms with Gasteiger partial charge in [0.15, 0.2) is 18.4 Å². The molecule has 0 radical (unpaired) electrons. The molecule has 1 aliphatic rings. The molecule has 1 saturated heterocycles. The fraction of sp³-hybridized carbons (Fsp3) is 0.471. The number of hydrogen-bond donors (Lipinski definition) is 1. The van der Waals surface area contributed by atoms with Crippen LogP contribution in [0, 0.1) is 9.85 Å². The van der Waals surface area contributed by atoms with Gasteiger partial charge >= 0.3 is 23.6 Å². The summed E-state index contributed by atoms with van der Waals surface area (Å²) in [6.45, 7) is 3.13. The zero-order valence-electron chi connectivity index (χ0n) is 15.6. The summed E-state index contributed by atoms with van der Waals surface area (Å²) in [6.07, 6.45) is -3.58. The van der Waals surface area contributed by atoms with Gasteiger partial charge in [-0.25, -0.2) is 4.79 Å². The molecule has 1 fully saturated rings. The van der Waals surface area contributed by atoms with Crippen LogP contribution in [0.2, 0.25) is 0 Å². The van der Waals surface area contributed by atoms with Crippen LogP contribution in [0.15, 0.2) is 15.8 Å². The van der Waals surface area contributed by atoms with Gasteiger partial charge in [0.25, 0.3) is 5.56 Å². The Balaban J connectivity index is 2.53. The van der Waals surface area contributed by atoms with Gasteiger partial charge in [-0.1, -0.05) is 0 Å². The van der Waals surface area contributed by atoms with E-state index < -0.39 is 53.7 Å². The second-order valence-corrected chi connectivity index (χ2v) is 6.48. The minimum absolute atomic E-state index is 0.0309. The van der Waals surface area contributed by atoms with Crippen molar-refractivity contribution in [1.82, 2.24) is 9.55 Å². The number of aromatic nitrogens is 2. The smallest absolute Gasteiger partial charge is 0.330 e. The van der Waals surface area contributed by atoms with Crippen molar-refractivity contribution in [1.29, 1.82) is 0 Å². The first kappa shape index (κ1) is 22.6. The van der Waals surface area contributed by atoms with Crippen molar-refractivity contribution in [3.8, 4) is 9.85 Å². The minimum Gasteiger partial charge on any atom is -0.463 e. The molecule has 0 bridgehead atoms. The van der Waals surface area contributed by atoms with Crippen molar-refractivity contribution in [3.63, 3.8) is 0 Å². The van der Waals surface area contributed by atoms with Gasteiger partial charge < -0.3 is 18.9 Å². The molecule has 1 aromatic heterocycles. The fourth-order valence-electron chi connectivity index (χ4n) is 2.73. The molecule has 0 unspecified atom stereocenters. The lowest BCUT2D eigenvalue weighted by molar-refractivity contribution is -0.166. The predicted molar refractivity (Wildman–Crippen MR) is 104 cm³/mol. The van der Waals surface area contributed by atoms with Crippen molar-refractivity contribution in [3.05, 3.63) is 32.6 Å². The largest absolute Gasteiger partial charge is 0.463 e. The molecule has 1 N–H and O–H groups in total. The van der Waals surface area contributed by atoms with E-state index in [0.29, 0.717) is 0 Å². The SMILES string of the molecule is CC(=O)OC[C@H]1O[C@@H](n2cc(C#CI)c(=O)[nH]c2=O)[C@@H](OC(C)=O)[C@@H]1OC(C)=O. The van der Waals surface area contributed by atoms with E-state index in [0.717, 1.165) is 24.6 Å². The number of nitrogens with one attached hydrogen (secondary N) is 1. The molecule has 0 aliphatic carbocycles.